The highest BCUT2D eigenvalue weighted by molar-refractivity contribution is 5.29. The first-order chi connectivity index (χ1) is 9.99. The van der Waals surface area contributed by atoms with Gasteiger partial charge < -0.3 is 15.0 Å². The van der Waals surface area contributed by atoms with Gasteiger partial charge in [0.05, 0.1) is 7.11 Å². The van der Waals surface area contributed by atoms with E-state index in [1.54, 1.807) is 7.11 Å². The van der Waals surface area contributed by atoms with Crippen molar-refractivity contribution in [3.05, 3.63) is 29.8 Å². The summed E-state index contributed by atoms with van der Waals surface area (Å²) in [6.07, 6.45) is 1.24. The van der Waals surface area contributed by atoms with Gasteiger partial charge >= 0.3 is 0 Å². The SMILES string of the molecule is CCNC(c1ccc(OC)cc1)C(C)N(C)CCC(C)C. The molecule has 1 N–H and O–H groups in total. The van der Waals surface area contributed by atoms with Crippen LogP contribution in [0.2, 0.25) is 0 Å². The molecule has 0 spiro atoms. The normalized spacial score (nSPS) is 14.5. The molecule has 120 valence electrons. The molecule has 0 amide bonds. The molecule has 2 atom stereocenters. The van der Waals surface area contributed by atoms with E-state index in [9.17, 15) is 0 Å². The van der Waals surface area contributed by atoms with Crippen LogP contribution < -0.4 is 10.1 Å². The van der Waals surface area contributed by atoms with Crippen LogP contribution in [0.15, 0.2) is 24.3 Å². The van der Waals surface area contributed by atoms with Crippen molar-refractivity contribution < 1.29 is 4.74 Å². The van der Waals surface area contributed by atoms with E-state index >= 15 is 0 Å². The topological polar surface area (TPSA) is 24.5 Å². The van der Waals surface area contributed by atoms with Gasteiger partial charge in [-0.1, -0.05) is 32.9 Å². The smallest absolute Gasteiger partial charge is 0.118 e. The van der Waals surface area contributed by atoms with E-state index in [-0.39, 0.29) is 0 Å². The molecule has 0 aliphatic heterocycles. The fourth-order valence-corrected chi connectivity index (χ4v) is 2.52. The molecule has 0 aromatic heterocycles. The highest BCUT2D eigenvalue weighted by Crippen LogP contribution is 2.23. The van der Waals surface area contributed by atoms with Gasteiger partial charge in [-0.2, -0.15) is 0 Å². The van der Waals surface area contributed by atoms with Crippen molar-refractivity contribution in [2.24, 2.45) is 5.92 Å². The van der Waals surface area contributed by atoms with Crippen molar-refractivity contribution in [1.82, 2.24) is 10.2 Å². The third kappa shape index (κ3) is 5.68. The van der Waals surface area contributed by atoms with Crippen molar-refractivity contribution in [1.29, 1.82) is 0 Å². The van der Waals surface area contributed by atoms with Crippen LogP contribution in [0.25, 0.3) is 0 Å². The quantitative estimate of drug-likeness (QED) is 0.751. The van der Waals surface area contributed by atoms with Crippen molar-refractivity contribution in [2.45, 2.75) is 46.2 Å². The van der Waals surface area contributed by atoms with E-state index in [2.05, 4.69) is 57.1 Å². The van der Waals surface area contributed by atoms with Gasteiger partial charge in [0.1, 0.15) is 5.75 Å². The number of ether oxygens (including phenoxy) is 1. The zero-order valence-electron chi connectivity index (χ0n) is 14.5. The number of benzene rings is 1. The molecule has 0 radical (unpaired) electrons. The van der Waals surface area contributed by atoms with E-state index in [1.165, 1.54) is 12.0 Å². The second-order valence-electron chi connectivity index (χ2n) is 6.21. The number of nitrogens with zero attached hydrogens (tertiary/aromatic N) is 1. The lowest BCUT2D eigenvalue weighted by Crippen LogP contribution is -2.41. The summed E-state index contributed by atoms with van der Waals surface area (Å²) in [5.74, 6) is 1.66. The molecule has 0 bridgehead atoms. The first kappa shape index (κ1) is 18.0. The summed E-state index contributed by atoms with van der Waals surface area (Å²) in [6, 6.07) is 9.22. The molecule has 3 heteroatoms. The number of methoxy groups -OCH3 is 1. The Balaban J connectivity index is 2.78. The van der Waals surface area contributed by atoms with E-state index < -0.39 is 0 Å². The van der Waals surface area contributed by atoms with Crippen LogP contribution in [-0.2, 0) is 0 Å². The largest absolute Gasteiger partial charge is 0.497 e. The van der Waals surface area contributed by atoms with Gasteiger partial charge in [-0.3, -0.25) is 0 Å². The van der Waals surface area contributed by atoms with E-state index in [0.29, 0.717) is 12.1 Å². The summed E-state index contributed by atoms with van der Waals surface area (Å²) in [6.45, 7) is 11.1. The Labute approximate surface area is 130 Å². The molecule has 0 saturated heterocycles. The molecular weight excluding hydrogens is 260 g/mol. The Kier molecular flexibility index (Phi) is 7.76. The van der Waals surface area contributed by atoms with E-state index in [0.717, 1.165) is 24.8 Å². The van der Waals surface area contributed by atoms with Crippen LogP contribution in [0.5, 0.6) is 5.75 Å². The maximum Gasteiger partial charge on any atom is 0.118 e. The lowest BCUT2D eigenvalue weighted by atomic mass is 9.98. The number of nitrogens with one attached hydrogen (secondary N) is 1. The van der Waals surface area contributed by atoms with Crippen LogP contribution in [0.1, 0.15) is 45.7 Å². The second-order valence-corrected chi connectivity index (χ2v) is 6.21. The Bertz CT molecular complexity index is 389. The molecule has 2 unspecified atom stereocenters. The Morgan fingerprint density at radius 2 is 1.76 bits per heavy atom. The van der Waals surface area contributed by atoms with Crippen molar-refractivity contribution in [3.63, 3.8) is 0 Å². The molecule has 3 nitrogen and oxygen atoms in total. The van der Waals surface area contributed by atoms with Crippen LogP contribution in [-0.4, -0.2) is 38.2 Å². The minimum atomic E-state index is 0.345. The predicted molar refractivity (Wildman–Crippen MR) is 91.0 cm³/mol. The third-order valence-corrected chi connectivity index (χ3v) is 4.14. The molecule has 0 saturated carbocycles. The minimum Gasteiger partial charge on any atom is -0.497 e. The molecule has 21 heavy (non-hydrogen) atoms. The average molecular weight is 292 g/mol. The van der Waals surface area contributed by atoms with Gasteiger partial charge in [-0.05, 0) is 57.1 Å². The highest BCUT2D eigenvalue weighted by Gasteiger charge is 2.22. The van der Waals surface area contributed by atoms with E-state index in [4.69, 9.17) is 4.74 Å². The Hall–Kier alpha value is -1.06. The maximum atomic E-state index is 5.25. The molecular formula is C18H32N2O. The number of hydrogen-bond acceptors (Lipinski definition) is 3. The summed E-state index contributed by atoms with van der Waals surface area (Å²) in [5.41, 5.74) is 1.32. The van der Waals surface area contributed by atoms with Gasteiger partial charge in [0, 0.05) is 12.1 Å². The zero-order chi connectivity index (χ0) is 15.8. The van der Waals surface area contributed by atoms with Crippen LogP contribution in [0.4, 0.5) is 0 Å². The molecule has 0 heterocycles. The zero-order valence-corrected chi connectivity index (χ0v) is 14.5. The lowest BCUT2D eigenvalue weighted by Gasteiger charge is -2.33. The maximum absolute atomic E-state index is 5.25. The summed E-state index contributed by atoms with van der Waals surface area (Å²) in [5, 5.41) is 3.62. The first-order valence-electron chi connectivity index (χ1n) is 8.07. The summed E-state index contributed by atoms with van der Waals surface area (Å²) < 4.78 is 5.25. The average Bonchev–Trinajstić information content (AvgIpc) is 2.49. The first-order valence-corrected chi connectivity index (χ1v) is 8.07. The molecule has 0 fully saturated rings. The summed E-state index contributed by atoms with van der Waals surface area (Å²) in [7, 11) is 3.93. The second kappa shape index (κ2) is 9.06. The van der Waals surface area contributed by atoms with Gasteiger partial charge in [0.2, 0.25) is 0 Å². The minimum absolute atomic E-state index is 0.345. The lowest BCUT2D eigenvalue weighted by molar-refractivity contribution is 0.198. The molecule has 0 aliphatic rings. The number of hydrogen-bond donors (Lipinski definition) is 1. The summed E-state index contributed by atoms with van der Waals surface area (Å²) >= 11 is 0. The standard InChI is InChI=1S/C18H32N2O/c1-7-19-18(15(4)20(5)13-12-14(2)3)16-8-10-17(21-6)11-9-16/h8-11,14-15,18-19H,7,12-13H2,1-6H3. The number of rotatable bonds is 9. The number of likely N-dealkylation sites (N-methyl/N-ethyl adjacent to an activating group) is 2. The Morgan fingerprint density at radius 1 is 1.14 bits per heavy atom. The molecule has 1 rings (SSSR count). The fourth-order valence-electron chi connectivity index (χ4n) is 2.52. The van der Waals surface area contributed by atoms with E-state index in [1.807, 2.05) is 12.1 Å². The van der Waals surface area contributed by atoms with Crippen LogP contribution in [0.3, 0.4) is 0 Å². The van der Waals surface area contributed by atoms with Gasteiger partial charge in [-0.25, -0.2) is 0 Å². The monoisotopic (exact) mass is 292 g/mol. The van der Waals surface area contributed by atoms with Crippen molar-refractivity contribution >= 4 is 0 Å². The van der Waals surface area contributed by atoms with Crippen molar-refractivity contribution in [3.8, 4) is 5.75 Å². The molecule has 1 aromatic carbocycles. The molecule has 1 aromatic rings. The van der Waals surface area contributed by atoms with Gasteiger partial charge in [-0.15, -0.1) is 0 Å². The van der Waals surface area contributed by atoms with Crippen molar-refractivity contribution in [2.75, 3.05) is 27.2 Å². The van der Waals surface area contributed by atoms with Crippen LogP contribution in [0, 0.1) is 5.92 Å². The predicted octanol–water partition coefficient (Wildman–Crippen LogP) is 3.71. The molecule has 0 aliphatic carbocycles. The Morgan fingerprint density at radius 3 is 2.24 bits per heavy atom. The summed E-state index contributed by atoms with van der Waals surface area (Å²) in [4.78, 5) is 2.46. The fraction of sp³-hybridized carbons (Fsp3) is 0.667. The van der Waals surface area contributed by atoms with Gasteiger partial charge in [0.15, 0.2) is 0 Å². The third-order valence-electron chi connectivity index (χ3n) is 4.14. The van der Waals surface area contributed by atoms with Gasteiger partial charge in [0.25, 0.3) is 0 Å². The van der Waals surface area contributed by atoms with Crippen LogP contribution >= 0.6 is 0 Å². The highest BCUT2D eigenvalue weighted by atomic mass is 16.5.